The molecule has 4 heterocycles. The average molecular weight is 423 g/mol. The van der Waals surface area contributed by atoms with Gasteiger partial charge in [-0.2, -0.15) is 14.6 Å². The van der Waals surface area contributed by atoms with Crippen molar-refractivity contribution < 1.29 is 17.3 Å². The number of nitriles is 1. The van der Waals surface area contributed by atoms with Crippen molar-refractivity contribution in [2.24, 2.45) is 7.05 Å². The van der Waals surface area contributed by atoms with E-state index in [1.807, 2.05) is 6.07 Å². The van der Waals surface area contributed by atoms with Gasteiger partial charge in [0.15, 0.2) is 5.76 Å². The third kappa shape index (κ3) is 3.05. The van der Waals surface area contributed by atoms with Gasteiger partial charge in [0.1, 0.15) is 11.2 Å². The fourth-order valence-corrected chi connectivity index (χ4v) is 4.74. The highest BCUT2D eigenvalue weighted by molar-refractivity contribution is 7.89. The molecule has 146 valence electrons. The lowest BCUT2D eigenvalue weighted by Crippen LogP contribution is -2.48. The van der Waals surface area contributed by atoms with Crippen LogP contribution in [0.2, 0.25) is 5.15 Å². The van der Waals surface area contributed by atoms with Crippen LogP contribution in [0.3, 0.4) is 0 Å². The summed E-state index contributed by atoms with van der Waals surface area (Å²) >= 11 is 6.04. The normalized spacial score (nSPS) is 15.7. The highest BCUT2D eigenvalue weighted by Gasteiger charge is 2.34. The highest BCUT2D eigenvalue weighted by Crippen LogP contribution is 2.30. The fourth-order valence-electron chi connectivity index (χ4n) is 2.93. The molecule has 0 N–H and O–H groups in total. The lowest BCUT2D eigenvalue weighted by molar-refractivity contribution is 0.372. The first kappa shape index (κ1) is 18.5. The number of hydrogen-bond donors (Lipinski definition) is 0. The number of sulfonamides is 1. The number of anilines is 1. The Hall–Kier alpha value is -2.81. The zero-order valence-corrected chi connectivity index (χ0v) is 16.3. The molecular weight excluding hydrogens is 408 g/mol. The topological polar surface area (TPSA) is 121 Å². The Morgan fingerprint density at radius 1 is 1.29 bits per heavy atom. The van der Waals surface area contributed by atoms with Crippen molar-refractivity contribution in [2.75, 3.05) is 31.1 Å². The molecule has 0 amide bonds. The van der Waals surface area contributed by atoms with E-state index >= 15 is 0 Å². The van der Waals surface area contributed by atoms with Crippen LogP contribution in [0, 0.1) is 11.3 Å². The Labute approximate surface area is 165 Å². The maximum atomic E-state index is 12.8. The second-order valence-electron chi connectivity index (χ2n) is 6.10. The number of hydrogen-bond acceptors (Lipinski definition) is 8. The van der Waals surface area contributed by atoms with E-state index in [0.29, 0.717) is 24.7 Å². The Bertz CT molecular complexity index is 1140. The van der Waals surface area contributed by atoms with Crippen molar-refractivity contribution in [1.82, 2.24) is 18.8 Å². The third-order valence-electron chi connectivity index (χ3n) is 4.39. The molecule has 4 rings (SSSR count). The summed E-state index contributed by atoms with van der Waals surface area (Å²) in [6.07, 6.45) is 2.84. The van der Waals surface area contributed by atoms with Gasteiger partial charge in [-0.25, -0.2) is 13.4 Å². The molecule has 0 aliphatic carbocycles. The molecule has 10 nitrogen and oxygen atoms in total. The largest absolute Gasteiger partial charge is 0.459 e. The van der Waals surface area contributed by atoms with E-state index in [2.05, 4.69) is 9.97 Å². The summed E-state index contributed by atoms with van der Waals surface area (Å²) in [7, 11) is -2.19. The zero-order chi connectivity index (χ0) is 19.9. The number of piperazine rings is 1. The monoisotopic (exact) mass is 422 g/mol. The molecule has 3 aromatic rings. The highest BCUT2D eigenvalue weighted by atomic mass is 35.5. The van der Waals surface area contributed by atoms with Gasteiger partial charge in [0.25, 0.3) is 15.9 Å². The van der Waals surface area contributed by atoms with Crippen LogP contribution in [0.15, 0.2) is 38.6 Å². The molecule has 0 atom stereocenters. The van der Waals surface area contributed by atoms with E-state index in [1.54, 1.807) is 24.1 Å². The lowest BCUT2D eigenvalue weighted by atomic mass is 10.3. The van der Waals surface area contributed by atoms with Gasteiger partial charge in [-0.3, -0.25) is 0 Å². The van der Waals surface area contributed by atoms with Crippen LogP contribution in [0.4, 0.5) is 5.88 Å². The second kappa shape index (κ2) is 6.97. The summed E-state index contributed by atoms with van der Waals surface area (Å²) < 4.78 is 39.3. The molecule has 0 saturated carbocycles. The Morgan fingerprint density at radius 3 is 2.61 bits per heavy atom. The van der Waals surface area contributed by atoms with Crippen molar-refractivity contribution in [3.05, 3.63) is 35.6 Å². The Balaban J connectivity index is 1.53. The van der Waals surface area contributed by atoms with Gasteiger partial charge in [-0.1, -0.05) is 11.6 Å². The van der Waals surface area contributed by atoms with Crippen LogP contribution in [0.1, 0.15) is 5.69 Å². The lowest BCUT2D eigenvalue weighted by Gasteiger charge is -2.33. The summed E-state index contributed by atoms with van der Waals surface area (Å²) in [5.74, 6) is 0.905. The first-order valence-electron chi connectivity index (χ1n) is 8.28. The zero-order valence-electron chi connectivity index (χ0n) is 14.7. The van der Waals surface area contributed by atoms with Crippen molar-refractivity contribution in [3.63, 3.8) is 0 Å². The molecule has 3 aromatic heterocycles. The second-order valence-corrected chi connectivity index (χ2v) is 8.32. The van der Waals surface area contributed by atoms with Crippen molar-refractivity contribution in [1.29, 1.82) is 5.26 Å². The van der Waals surface area contributed by atoms with E-state index in [1.165, 1.54) is 21.5 Å². The first-order valence-corrected chi connectivity index (χ1v) is 10.1. The van der Waals surface area contributed by atoms with Gasteiger partial charge in [0.2, 0.25) is 16.6 Å². The third-order valence-corrected chi connectivity index (χ3v) is 6.78. The summed E-state index contributed by atoms with van der Waals surface area (Å²) in [6, 6.07) is 5.37. The molecule has 1 aliphatic rings. The van der Waals surface area contributed by atoms with Crippen molar-refractivity contribution in [3.8, 4) is 17.7 Å². The van der Waals surface area contributed by atoms with Gasteiger partial charge in [0.05, 0.1) is 12.6 Å². The van der Waals surface area contributed by atoms with Crippen LogP contribution in [0.5, 0.6) is 0 Å². The molecule has 0 aromatic carbocycles. The van der Waals surface area contributed by atoms with Crippen molar-refractivity contribution >= 4 is 27.5 Å². The number of oxazole rings is 1. The number of nitrogens with zero attached hydrogens (tertiary/aromatic N) is 6. The number of furan rings is 1. The molecule has 1 fully saturated rings. The smallest absolute Gasteiger partial charge is 0.266 e. The number of imidazole rings is 1. The fraction of sp³-hybridized carbons (Fsp3) is 0.312. The molecule has 12 heteroatoms. The van der Waals surface area contributed by atoms with Gasteiger partial charge >= 0.3 is 0 Å². The molecule has 1 aliphatic heterocycles. The predicted molar refractivity (Wildman–Crippen MR) is 98.1 cm³/mol. The molecule has 1 saturated heterocycles. The Kier molecular flexibility index (Phi) is 4.62. The predicted octanol–water partition coefficient (Wildman–Crippen LogP) is 1.70. The molecule has 0 spiro atoms. The number of halogens is 1. The maximum Gasteiger partial charge on any atom is 0.266 e. The standard InChI is InChI=1S/C16H15ClN6O4S/c1-21-10-19-15(13(21)17)28(24,25)23-6-4-22(5-7-23)16-11(9-18)20-14(27-16)12-3-2-8-26-12/h2-3,8,10H,4-7H2,1H3. The summed E-state index contributed by atoms with van der Waals surface area (Å²) in [5, 5.41) is 9.26. The van der Waals surface area contributed by atoms with E-state index in [-0.39, 0.29) is 34.9 Å². The van der Waals surface area contributed by atoms with E-state index in [9.17, 15) is 13.7 Å². The van der Waals surface area contributed by atoms with Crippen LogP contribution in [0.25, 0.3) is 11.7 Å². The first-order chi connectivity index (χ1) is 13.4. The SMILES string of the molecule is Cn1cnc(S(=O)(=O)N2CCN(c3oc(-c4ccco4)nc3C#N)CC2)c1Cl. The average Bonchev–Trinajstić information content (AvgIpc) is 3.42. The number of aromatic nitrogens is 3. The van der Waals surface area contributed by atoms with Gasteiger partial charge < -0.3 is 18.3 Å². The van der Waals surface area contributed by atoms with Crippen molar-refractivity contribution in [2.45, 2.75) is 5.03 Å². The number of aryl methyl sites for hydroxylation is 1. The van der Waals surface area contributed by atoms with Gasteiger partial charge in [-0.05, 0) is 12.1 Å². The number of rotatable bonds is 4. The minimum absolute atomic E-state index is 0.0625. The van der Waals surface area contributed by atoms with Crippen LogP contribution in [-0.4, -0.2) is 53.4 Å². The van der Waals surface area contributed by atoms with Crippen LogP contribution in [-0.2, 0) is 17.1 Å². The van der Waals surface area contributed by atoms with E-state index in [0.717, 1.165) is 0 Å². The van der Waals surface area contributed by atoms with E-state index < -0.39 is 10.0 Å². The molecule has 0 bridgehead atoms. The molecule has 28 heavy (non-hydrogen) atoms. The minimum Gasteiger partial charge on any atom is -0.459 e. The Morgan fingerprint density at radius 2 is 2.04 bits per heavy atom. The minimum atomic E-state index is -3.81. The molecule has 0 unspecified atom stereocenters. The summed E-state index contributed by atoms with van der Waals surface area (Å²) in [4.78, 5) is 9.84. The van der Waals surface area contributed by atoms with Crippen LogP contribution >= 0.6 is 11.6 Å². The molecular formula is C16H15ClN6O4S. The van der Waals surface area contributed by atoms with E-state index in [4.69, 9.17) is 20.4 Å². The molecule has 0 radical (unpaired) electrons. The van der Waals surface area contributed by atoms with Gasteiger partial charge in [0, 0.05) is 33.2 Å². The quantitative estimate of drug-likeness (QED) is 0.622. The summed E-state index contributed by atoms with van der Waals surface area (Å²) in [6.45, 7) is 1.03. The maximum absolute atomic E-state index is 12.8. The van der Waals surface area contributed by atoms with Gasteiger partial charge in [-0.15, -0.1) is 0 Å². The summed E-state index contributed by atoms with van der Waals surface area (Å²) in [5.41, 5.74) is 0.121. The van der Waals surface area contributed by atoms with Crippen LogP contribution < -0.4 is 4.90 Å².